The van der Waals surface area contributed by atoms with Crippen molar-refractivity contribution in [1.82, 2.24) is 15.1 Å². The molecule has 1 N–H and O–H groups in total. The molecule has 146 valence electrons. The Kier molecular flexibility index (Phi) is 5.29. The van der Waals surface area contributed by atoms with Crippen molar-refractivity contribution in [1.29, 1.82) is 0 Å². The molecule has 0 aliphatic heterocycles. The van der Waals surface area contributed by atoms with Crippen LogP contribution in [0.4, 0.5) is 0 Å². The smallest absolute Gasteiger partial charge is 0.252 e. The Bertz CT molecular complexity index is 1100. The van der Waals surface area contributed by atoms with Crippen molar-refractivity contribution < 1.29 is 9.21 Å². The highest BCUT2D eigenvalue weighted by Crippen LogP contribution is 2.25. The van der Waals surface area contributed by atoms with E-state index >= 15 is 0 Å². The first-order valence-corrected chi connectivity index (χ1v) is 9.63. The van der Waals surface area contributed by atoms with E-state index in [9.17, 15) is 4.79 Å². The Morgan fingerprint density at radius 3 is 2.55 bits per heavy atom. The van der Waals surface area contributed by atoms with Crippen molar-refractivity contribution >= 4 is 5.91 Å². The Morgan fingerprint density at radius 2 is 1.86 bits per heavy atom. The molecule has 0 bridgehead atoms. The van der Waals surface area contributed by atoms with E-state index < -0.39 is 0 Å². The Labute approximate surface area is 170 Å². The van der Waals surface area contributed by atoms with Gasteiger partial charge in [-0.2, -0.15) is 5.10 Å². The maximum absolute atomic E-state index is 12.9. The number of rotatable bonds is 6. The largest absolute Gasteiger partial charge is 0.464 e. The van der Waals surface area contributed by atoms with E-state index in [-0.39, 0.29) is 11.9 Å². The van der Waals surface area contributed by atoms with Gasteiger partial charge in [-0.15, -0.1) is 0 Å². The lowest BCUT2D eigenvalue weighted by Crippen LogP contribution is -2.26. The standard InChI is InChI=1S/C24H23N3O2/c1-17-8-13-23(29-17)18(2)26-24(28)22-7-4-3-6-21(22)20-11-9-19(10-12-20)16-27-15-5-14-25-27/h3-15,18H,16H2,1-2H3,(H,26,28). The summed E-state index contributed by atoms with van der Waals surface area (Å²) in [4.78, 5) is 12.9. The van der Waals surface area contributed by atoms with E-state index in [1.807, 2.05) is 79.3 Å². The molecule has 0 spiro atoms. The number of hydrogen-bond acceptors (Lipinski definition) is 3. The van der Waals surface area contributed by atoms with Crippen LogP contribution in [0.25, 0.3) is 11.1 Å². The lowest BCUT2D eigenvalue weighted by Gasteiger charge is -2.14. The zero-order valence-corrected chi connectivity index (χ0v) is 16.5. The highest BCUT2D eigenvalue weighted by atomic mass is 16.3. The fourth-order valence-corrected chi connectivity index (χ4v) is 3.34. The van der Waals surface area contributed by atoms with Crippen LogP contribution in [-0.2, 0) is 6.54 Å². The summed E-state index contributed by atoms with van der Waals surface area (Å²) in [6.07, 6.45) is 3.71. The maximum Gasteiger partial charge on any atom is 0.252 e. The fraction of sp³-hybridized carbons (Fsp3) is 0.167. The number of aryl methyl sites for hydroxylation is 1. The molecule has 29 heavy (non-hydrogen) atoms. The zero-order valence-electron chi connectivity index (χ0n) is 16.5. The number of benzene rings is 2. The summed E-state index contributed by atoms with van der Waals surface area (Å²) in [7, 11) is 0. The molecule has 0 saturated carbocycles. The van der Waals surface area contributed by atoms with Gasteiger partial charge >= 0.3 is 0 Å². The molecule has 4 aromatic rings. The van der Waals surface area contributed by atoms with E-state index in [1.54, 1.807) is 6.20 Å². The van der Waals surface area contributed by atoms with Gasteiger partial charge in [0.15, 0.2) is 0 Å². The van der Waals surface area contributed by atoms with Crippen molar-refractivity contribution in [3.8, 4) is 11.1 Å². The van der Waals surface area contributed by atoms with Gasteiger partial charge in [-0.3, -0.25) is 9.48 Å². The number of nitrogens with zero attached hydrogens (tertiary/aromatic N) is 2. The predicted molar refractivity (Wildman–Crippen MR) is 113 cm³/mol. The first-order valence-electron chi connectivity index (χ1n) is 9.63. The molecule has 2 aromatic heterocycles. The third kappa shape index (κ3) is 4.29. The van der Waals surface area contributed by atoms with E-state index in [2.05, 4.69) is 22.5 Å². The summed E-state index contributed by atoms with van der Waals surface area (Å²) in [6.45, 7) is 4.53. The number of hydrogen-bond donors (Lipinski definition) is 1. The van der Waals surface area contributed by atoms with Crippen molar-refractivity contribution in [2.45, 2.75) is 26.4 Å². The molecule has 0 aliphatic rings. The molecule has 5 heteroatoms. The molecular weight excluding hydrogens is 362 g/mol. The maximum atomic E-state index is 12.9. The lowest BCUT2D eigenvalue weighted by atomic mass is 9.98. The Balaban J connectivity index is 1.54. The highest BCUT2D eigenvalue weighted by Gasteiger charge is 2.17. The average molecular weight is 385 g/mol. The van der Waals surface area contributed by atoms with Crippen molar-refractivity contribution in [3.63, 3.8) is 0 Å². The molecule has 1 atom stereocenters. The molecule has 0 aliphatic carbocycles. The minimum atomic E-state index is -0.208. The Morgan fingerprint density at radius 1 is 1.07 bits per heavy atom. The van der Waals surface area contributed by atoms with Crippen LogP contribution in [0.5, 0.6) is 0 Å². The first kappa shape index (κ1) is 18.7. The SMILES string of the molecule is Cc1ccc(C(C)NC(=O)c2ccccc2-c2ccc(Cn3cccn3)cc2)o1. The molecule has 1 unspecified atom stereocenters. The van der Waals surface area contributed by atoms with Gasteiger partial charge in [0, 0.05) is 18.0 Å². The number of carbonyl (C=O) groups excluding carboxylic acids is 1. The van der Waals surface area contributed by atoms with Crippen LogP contribution in [0.2, 0.25) is 0 Å². The normalized spacial score (nSPS) is 11.9. The van der Waals surface area contributed by atoms with Crippen molar-refractivity contribution in [3.05, 3.63) is 102 Å². The van der Waals surface area contributed by atoms with Gasteiger partial charge in [0.05, 0.1) is 12.6 Å². The van der Waals surface area contributed by atoms with Crippen LogP contribution in [0, 0.1) is 6.92 Å². The molecule has 2 aromatic carbocycles. The first-order chi connectivity index (χ1) is 14.1. The highest BCUT2D eigenvalue weighted by molar-refractivity contribution is 6.01. The van der Waals surface area contributed by atoms with E-state index in [0.717, 1.165) is 34.8 Å². The number of nitrogens with one attached hydrogen (secondary N) is 1. The van der Waals surface area contributed by atoms with Gasteiger partial charge in [0.1, 0.15) is 11.5 Å². The van der Waals surface area contributed by atoms with Gasteiger partial charge in [0.2, 0.25) is 0 Å². The summed E-state index contributed by atoms with van der Waals surface area (Å²) in [5.41, 5.74) is 3.70. The number of carbonyl (C=O) groups is 1. The second kappa shape index (κ2) is 8.19. The van der Waals surface area contributed by atoms with Gasteiger partial charge < -0.3 is 9.73 Å². The molecule has 1 amide bonds. The monoisotopic (exact) mass is 385 g/mol. The van der Waals surface area contributed by atoms with Crippen LogP contribution < -0.4 is 5.32 Å². The fourth-order valence-electron chi connectivity index (χ4n) is 3.34. The minimum absolute atomic E-state index is 0.122. The second-order valence-electron chi connectivity index (χ2n) is 7.09. The topological polar surface area (TPSA) is 60.1 Å². The summed E-state index contributed by atoms with van der Waals surface area (Å²) < 4.78 is 7.51. The molecule has 0 radical (unpaired) electrons. The van der Waals surface area contributed by atoms with Gasteiger partial charge in [-0.1, -0.05) is 42.5 Å². The average Bonchev–Trinajstić information content (AvgIpc) is 3.40. The molecule has 2 heterocycles. The third-order valence-corrected chi connectivity index (χ3v) is 4.88. The van der Waals surface area contributed by atoms with E-state index in [0.29, 0.717) is 5.56 Å². The molecular formula is C24H23N3O2. The predicted octanol–water partition coefficient (Wildman–Crippen LogP) is 4.99. The summed E-state index contributed by atoms with van der Waals surface area (Å²) in [5, 5.41) is 7.27. The van der Waals surface area contributed by atoms with Crippen LogP contribution in [0.1, 0.15) is 40.4 Å². The number of amides is 1. The van der Waals surface area contributed by atoms with Crippen LogP contribution in [0.3, 0.4) is 0 Å². The van der Waals surface area contributed by atoms with E-state index in [1.165, 1.54) is 0 Å². The zero-order chi connectivity index (χ0) is 20.2. The van der Waals surface area contributed by atoms with Crippen LogP contribution >= 0.6 is 0 Å². The molecule has 5 nitrogen and oxygen atoms in total. The third-order valence-electron chi connectivity index (χ3n) is 4.88. The van der Waals surface area contributed by atoms with Gasteiger partial charge in [-0.25, -0.2) is 0 Å². The molecule has 4 rings (SSSR count). The van der Waals surface area contributed by atoms with Gasteiger partial charge in [-0.05, 0) is 54.8 Å². The summed E-state index contributed by atoms with van der Waals surface area (Å²) in [6, 6.07) is 21.4. The summed E-state index contributed by atoms with van der Waals surface area (Å²) in [5.74, 6) is 1.45. The van der Waals surface area contributed by atoms with Gasteiger partial charge in [0.25, 0.3) is 5.91 Å². The Hall–Kier alpha value is -3.60. The van der Waals surface area contributed by atoms with Crippen molar-refractivity contribution in [2.24, 2.45) is 0 Å². The lowest BCUT2D eigenvalue weighted by molar-refractivity contribution is 0.0936. The van der Waals surface area contributed by atoms with Crippen molar-refractivity contribution in [2.75, 3.05) is 0 Å². The quantitative estimate of drug-likeness (QED) is 0.509. The molecule has 0 saturated heterocycles. The number of furan rings is 1. The molecule has 0 fully saturated rings. The van der Waals surface area contributed by atoms with Crippen LogP contribution in [-0.4, -0.2) is 15.7 Å². The number of aromatic nitrogens is 2. The van der Waals surface area contributed by atoms with Crippen LogP contribution in [0.15, 0.2) is 83.5 Å². The van der Waals surface area contributed by atoms with E-state index in [4.69, 9.17) is 4.42 Å². The minimum Gasteiger partial charge on any atom is -0.464 e. The second-order valence-corrected chi connectivity index (χ2v) is 7.09. The summed E-state index contributed by atoms with van der Waals surface area (Å²) >= 11 is 0.